The number of rotatable bonds is 6. The molecule has 208 valence electrons. The molecular weight excluding hydrogens is 494 g/mol. The summed E-state index contributed by atoms with van der Waals surface area (Å²) < 4.78 is 5.76. The molecule has 3 atom stereocenters. The summed E-state index contributed by atoms with van der Waals surface area (Å²) in [6, 6.07) is 4.35. The van der Waals surface area contributed by atoms with Crippen molar-refractivity contribution in [3.63, 3.8) is 0 Å². The summed E-state index contributed by atoms with van der Waals surface area (Å²) in [6.07, 6.45) is 0.594. The number of hydrogen-bond acceptors (Lipinski definition) is 7. The highest BCUT2D eigenvalue weighted by atomic mass is 16.5. The number of carbonyl (C=O) groups is 5. The molecule has 3 rings (SSSR count). The predicted molar refractivity (Wildman–Crippen MR) is 137 cm³/mol. The summed E-state index contributed by atoms with van der Waals surface area (Å²) in [5.41, 5.74) is 0.216. The van der Waals surface area contributed by atoms with Crippen LogP contribution < -0.4 is 20.7 Å². The van der Waals surface area contributed by atoms with Gasteiger partial charge in [0.15, 0.2) is 0 Å². The molecule has 0 spiro atoms. The lowest BCUT2D eigenvalue weighted by atomic mass is 10.1. The smallest absolute Gasteiger partial charge is 0.255 e. The van der Waals surface area contributed by atoms with Crippen LogP contribution in [-0.4, -0.2) is 102 Å². The van der Waals surface area contributed by atoms with Gasteiger partial charge < -0.3 is 35.6 Å². The maximum absolute atomic E-state index is 13.1. The molecule has 0 aliphatic carbocycles. The second-order valence-electron chi connectivity index (χ2n) is 9.58. The zero-order valence-electron chi connectivity index (χ0n) is 21.9. The number of likely N-dealkylation sites (tertiary alicyclic amines) is 1. The van der Waals surface area contributed by atoms with Crippen LogP contribution in [0.4, 0.5) is 0 Å². The largest absolute Gasteiger partial charge is 0.491 e. The Kier molecular flexibility index (Phi) is 10.5. The number of benzene rings is 1. The zero-order chi connectivity index (χ0) is 27.7. The quantitative estimate of drug-likeness (QED) is 0.357. The SMILES string of the molecule is C[C@@H](O)[C@@H]1NC(=O)CC[C@@H](C(=O)NCCCN2CCCC2=O)NC(=O)c2ccccc2OCCN(C)C1=O. The number of amides is 5. The lowest BCUT2D eigenvalue weighted by Gasteiger charge is -2.26. The van der Waals surface area contributed by atoms with E-state index < -0.39 is 41.8 Å². The van der Waals surface area contributed by atoms with Crippen LogP contribution in [0.3, 0.4) is 0 Å². The van der Waals surface area contributed by atoms with E-state index in [1.54, 1.807) is 29.2 Å². The Labute approximate surface area is 222 Å². The molecule has 2 aliphatic heterocycles. The van der Waals surface area contributed by atoms with Gasteiger partial charge in [-0.3, -0.25) is 24.0 Å². The Morgan fingerprint density at radius 3 is 2.63 bits per heavy atom. The molecule has 2 aliphatic rings. The normalized spacial score (nSPS) is 22.4. The third-order valence-electron chi connectivity index (χ3n) is 6.61. The van der Waals surface area contributed by atoms with Crippen molar-refractivity contribution in [2.75, 3.05) is 39.8 Å². The lowest BCUT2D eigenvalue weighted by Crippen LogP contribution is -2.53. The molecule has 4 N–H and O–H groups in total. The van der Waals surface area contributed by atoms with Gasteiger partial charge in [-0.2, -0.15) is 0 Å². The van der Waals surface area contributed by atoms with Gasteiger partial charge in [-0.15, -0.1) is 0 Å². The lowest BCUT2D eigenvalue weighted by molar-refractivity contribution is -0.138. The zero-order valence-corrected chi connectivity index (χ0v) is 21.9. The van der Waals surface area contributed by atoms with E-state index in [1.165, 1.54) is 18.9 Å². The molecule has 1 aromatic rings. The Bertz CT molecular complexity index is 1030. The molecule has 5 amide bonds. The monoisotopic (exact) mass is 531 g/mol. The molecule has 0 unspecified atom stereocenters. The van der Waals surface area contributed by atoms with Crippen LogP contribution in [-0.2, 0) is 19.2 Å². The number of likely N-dealkylation sites (N-methyl/N-ethyl adjacent to an activating group) is 1. The van der Waals surface area contributed by atoms with Crippen molar-refractivity contribution in [2.24, 2.45) is 0 Å². The van der Waals surface area contributed by atoms with E-state index in [9.17, 15) is 29.1 Å². The van der Waals surface area contributed by atoms with Gasteiger partial charge in [0.1, 0.15) is 24.4 Å². The molecule has 0 aromatic heterocycles. The van der Waals surface area contributed by atoms with E-state index in [0.717, 1.165) is 6.42 Å². The highest BCUT2D eigenvalue weighted by Crippen LogP contribution is 2.19. The molecule has 2 heterocycles. The summed E-state index contributed by atoms with van der Waals surface area (Å²) in [7, 11) is 1.53. The molecule has 1 saturated heterocycles. The topological polar surface area (TPSA) is 157 Å². The number of ether oxygens (including phenoxy) is 1. The Morgan fingerprint density at radius 2 is 1.92 bits per heavy atom. The van der Waals surface area contributed by atoms with E-state index in [4.69, 9.17) is 4.74 Å². The van der Waals surface area contributed by atoms with Crippen molar-refractivity contribution >= 4 is 29.5 Å². The van der Waals surface area contributed by atoms with E-state index in [-0.39, 0.29) is 43.2 Å². The molecular formula is C26H37N5O7. The average molecular weight is 532 g/mol. The molecule has 0 bridgehead atoms. The van der Waals surface area contributed by atoms with Crippen molar-refractivity contribution in [1.82, 2.24) is 25.8 Å². The van der Waals surface area contributed by atoms with Gasteiger partial charge in [0.2, 0.25) is 23.6 Å². The first kappa shape index (κ1) is 28.9. The minimum Gasteiger partial charge on any atom is -0.491 e. The Hall–Kier alpha value is -3.67. The maximum atomic E-state index is 13.1. The van der Waals surface area contributed by atoms with Crippen molar-refractivity contribution < 1.29 is 33.8 Å². The van der Waals surface area contributed by atoms with Crippen LogP contribution in [0.15, 0.2) is 24.3 Å². The minimum atomic E-state index is -1.17. The van der Waals surface area contributed by atoms with Gasteiger partial charge in [0.05, 0.1) is 18.2 Å². The van der Waals surface area contributed by atoms with E-state index in [0.29, 0.717) is 32.5 Å². The van der Waals surface area contributed by atoms with Gasteiger partial charge in [0.25, 0.3) is 5.91 Å². The predicted octanol–water partition coefficient (Wildman–Crippen LogP) is -0.590. The number of fused-ring (bicyclic) bond motifs is 1. The number of aliphatic hydroxyl groups excluding tert-OH is 1. The van der Waals surface area contributed by atoms with E-state index >= 15 is 0 Å². The molecule has 38 heavy (non-hydrogen) atoms. The fourth-order valence-electron chi connectivity index (χ4n) is 4.38. The summed E-state index contributed by atoms with van der Waals surface area (Å²) in [5, 5.41) is 18.1. The molecule has 0 radical (unpaired) electrons. The van der Waals surface area contributed by atoms with Crippen molar-refractivity contribution in [3.05, 3.63) is 29.8 Å². The van der Waals surface area contributed by atoms with Crippen molar-refractivity contribution in [3.8, 4) is 5.75 Å². The van der Waals surface area contributed by atoms with Gasteiger partial charge in [0, 0.05) is 39.5 Å². The standard InChI is InChI=1S/C26H37N5O7/c1-17(32)23-26(37)30(2)15-16-38-20-8-4-3-7-18(20)24(35)28-19(10-11-21(33)29-23)25(36)27-12-6-14-31-13-5-9-22(31)34/h3-4,7-8,17,19,23,32H,5-6,9-16H2,1-2H3,(H,27,36)(H,28,35)(H,29,33)/t17-,19+,23+/m1/s1. The summed E-state index contributed by atoms with van der Waals surface area (Å²) in [5.74, 6) is -1.63. The third-order valence-corrected chi connectivity index (χ3v) is 6.61. The molecule has 12 heteroatoms. The second-order valence-corrected chi connectivity index (χ2v) is 9.58. The summed E-state index contributed by atoms with van der Waals surface area (Å²) >= 11 is 0. The van der Waals surface area contributed by atoms with Crippen LogP contribution >= 0.6 is 0 Å². The maximum Gasteiger partial charge on any atom is 0.255 e. The van der Waals surface area contributed by atoms with Crippen LogP contribution in [0, 0.1) is 0 Å². The van der Waals surface area contributed by atoms with Crippen molar-refractivity contribution in [2.45, 2.75) is 57.2 Å². The Balaban J connectivity index is 1.73. The van der Waals surface area contributed by atoms with Gasteiger partial charge in [-0.25, -0.2) is 0 Å². The van der Waals surface area contributed by atoms with E-state index in [2.05, 4.69) is 16.0 Å². The van der Waals surface area contributed by atoms with Crippen molar-refractivity contribution in [1.29, 1.82) is 0 Å². The molecule has 12 nitrogen and oxygen atoms in total. The Morgan fingerprint density at radius 1 is 1.16 bits per heavy atom. The highest BCUT2D eigenvalue weighted by molar-refractivity contribution is 5.99. The van der Waals surface area contributed by atoms with Gasteiger partial charge in [-0.1, -0.05) is 12.1 Å². The van der Waals surface area contributed by atoms with Crippen LogP contribution in [0.2, 0.25) is 0 Å². The van der Waals surface area contributed by atoms with Crippen LogP contribution in [0.1, 0.15) is 49.4 Å². The van der Waals surface area contributed by atoms with E-state index in [1.807, 2.05) is 0 Å². The van der Waals surface area contributed by atoms with Gasteiger partial charge >= 0.3 is 0 Å². The highest BCUT2D eigenvalue weighted by Gasteiger charge is 2.30. The third kappa shape index (κ3) is 7.91. The van der Waals surface area contributed by atoms with Crippen LogP contribution in [0.5, 0.6) is 5.75 Å². The summed E-state index contributed by atoms with van der Waals surface area (Å²) in [6.45, 7) is 3.17. The number of nitrogens with one attached hydrogen (secondary N) is 3. The second kappa shape index (κ2) is 13.8. The fourth-order valence-corrected chi connectivity index (χ4v) is 4.38. The fraction of sp³-hybridized carbons (Fsp3) is 0.577. The minimum absolute atomic E-state index is 0.0341. The molecule has 0 saturated carbocycles. The number of aliphatic hydroxyl groups is 1. The average Bonchev–Trinajstić information content (AvgIpc) is 3.30. The first-order chi connectivity index (χ1) is 18.2. The molecule has 1 fully saturated rings. The number of hydrogen-bond donors (Lipinski definition) is 4. The number of nitrogens with zero attached hydrogens (tertiary/aromatic N) is 2. The summed E-state index contributed by atoms with van der Waals surface area (Å²) in [4.78, 5) is 66.5. The first-order valence-corrected chi connectivity index (χ1v) is 13.0. The molecule has 1 aromatic carbocycles. The van der Waals surface area contributed by atoms with Crippen LogP contribution in [0.25, 0.3) is 0 Å². The van der Waals surface area contributed by atoms with Gasteiger partial charge in [-0.05, 0) is 38.3 Å². The first-order valence-electron chi connectivity index (χ1n) is 13.0. The number of para-hydroxylation sites is 1. The number of carbonyl (C=O) groups excluding carboxylic acids is 5.